The van der Waals surface area contributed by atoms with Gasteiger partial charge in [-0.3, -0.25) is 9.59 Å². The number of carboxylic acids is 1. The van der Waals surface area contributed by atoms with Crippen LogP contribution in [0.3, 0.4) is 0 Å². The Kier molecular flexibility index (Phi) is 6.41. The van der Waals surface area contributed by atoms with E-state index in [0.29, 0.717) is 18.7 Å². The molecule has 0 saturated carbocycles. The minimum atomic E-state index is -3.64. The third-order valence-electron chi connectivity index (χ3n) is 4.68. The van der Waals surface area contributed by atoms with Gasteiger partial charge in [-0.1, -0.05) is 19.4 Å². The Morgan fingerprint density at radius 2 is 1.85 bits per heavy atom. The van der Waals surface area contributed by atoms with Crippen LogP contribution in [-0.4, -0.2) is 61.3 Å². The second kappa shape index (κ2) is 8.18. The normalized spacial score (nSPS) is 16.9. The van der Waals surface area contributed by atoms with E-state index >= 15 is 0 Å². The van der Waals surface area contributed by atoms with Crippen LogP contribution >= 0.6 is 0 Å². The van der Waals surface area contributed by atoms with E-state index < -0.39 is 27.8 Å². The molecule has 0 spiro atoms. The number of carbonyl (C=O) groups is 2. The third-order valence-corrected chi connectivity index (χ3v) is 6.72. The van der Waals surface area contributed by atoms with E-state index in [1.54, 1.807) is 19.1 Å². The molecule has 144 valence electrons. The molecule has 2 rings (SSSR count). The minimum absolute atomic E-state index is 0.0518. The summed E-state index contributed by atoms with van der Waals surface area (Å²) in [6, 6.07) is 4.61. The summed E-state index contributed by atoms with van der Waals surface area (Å²) in [5.41, 5.74) is 0.833. The summed E-state index contributed by atoms with van der Waals surface area (Å²) in [7, 11) is -2.13. The van der Waals surface area contributed by atoms with Gasteiger partial charge in [0.05, 0.1) is 10.8 Å². The molecular weight excluding hydrogens is 356 g/mol. The zero-order valence-electron chi connectivity index (χ0n) is 15.4. The maximum atomic E-state index is 12.9. The van der Waals surface area contributed by atoms with Crippen molar-refractivity contribution in [2.45, 2.75) is 38.0 Å². The Balaban J connectivity index is 2.28. The van der Waals surface area contributed by atoms with Crippen LogP contribution in [0.5, 0.6) is 0 Å². The number of aliphatic carboxylic acids is 1. The molecule has 1 aromatic carbocycles. The number of nitrogens with zero attached hydrogens (tertiary/aromatic N) is 2. The molecule has 1 N–H and O–H groups in total. The van der Waals surface area contributed by atoms with Crippen molar-refractivity contribution in [1.82, 2.24) is 9.21 Å². The highest BCUT2D eigenvalue weighted by Crippen LogP contribution is 2.25. The van der Waals surface area contributed by atoms with E-state index in [9.17, 15) is 18.0 Å². The number of sulfonamides is 1. The molecule has 7 nitrogen and oxygen atoms in total. The van der Waals surface area contributed by atoms with E-state index in [4.69, 9.17) is 5.11 Å². The molecule has 0 radical (unpaired) electrons. The Hall–Kier alpha value is -1.93. The van der Waals surface area contributed by atoms with Gasteiger partial charge in [-0.05, 0) is 37.5 Å². The van der Waals surface area contributed by atoms with Crippen LogP contribution in [-0.2, 0) is 14.8 Å². The Bertz CT molecular complexity index is 785. The van der Waals surface area contributed by atoms with Gasteiger partial charge in [0, 0.05) is 32.2 Å². The van der Waals surface area contributed by atoms with Crippen LogP contribution < -0.4 is 0 Å². The summed E-state index contributed by atoms with van der Waals surface area (Å²) in [6.45, 7) is 4.27. The number of hydrogen-bond donors (Lipinski definition) is 1. The van der Waals surface area contributed by atoms with Gasteiger partial charge in [0.25, 0.3) is 5.91 Å². The zero-order chi connectivity index (χ0) is 19.5. The highest BCUT2D eigenvalue weighted by molar-refractivity contribution is 7.89. The summed E-state index contributed by atoms with van der Waals surface area (Å²) in [4.78, 5) is 25.0. The topological polar surface area (TPSA) is 95.0 Å². The van der Waals surface area contributed by atoms with Gasteiger partial charge in [0.2, 0.25) is 10.0 Å². The Labute approximate surface area is 154 Å². The fourth-order valence-electron chi connectivity index (χ4n) is 3.05. The highest BCUT2D eigenvalue weighted by Gasteiger charge is 2.28. The summed E-state index contributed by atoms with van der Waals surface area (Å²) < 4.78 is 27.4. The summed E-state index contributed by atoms with van der Waals surface area (Å²) in [5.74, 6) is -2.08. The maximum absolute atomic E-state index is 12.9. The molecule has 1 aliphatic heterocycles. The van der Waals surface area contributed by atoms with Crippen molar-refractivity contribution in [3.63, 3.8) is 0 Å². The van der Waals surface area contributed by atoms with E-state index in [0.717, 1.165) is 19.3 Å². The number of piperidine rings is 1. The van der Waals surface area contributed by atoms with Crippen molar-refractivity contribution in [2.24, 2.45) is 5.92 Å². The lowest BCUT2D eigenvalue weighted by molar-refractivity contribution is -0.141. The molecule has 1 atom stereocenters. The van der Waals surface area contributed by atoms with Gasteiger partial charge in [0.15, 0.2) is 0 Å². The number of rotatable bonds is 6. The first kappa shape index (κ1) is 20.4. The molecular formula is C18H26N2O5S. The van der Waals surface area contributed by atoms with Gasteiger partial charge in [0.1, 0.15) is 0 Å². The Morgan fingerprint density at radius 3 is 2.42 bits per heavy atom. The summed E-state index contributed by atoms with van der Waals surface area (Å²) in [5, 5.41) is 8.99. The molecule has 1 aromatic rings. The monoisotopic (exact) mass is 382 g/mol. The van der Waals surface area contributed by atoms with Crippen LogP contribution in [0.15, 0.2) is 23.1 Å². The molecule has 0 aromatic heterocycles. The average Bonchev–Trinajstić information content (AvgIpc) is 2.61. The largest absolute Gasteiger partial charge is 0.481 e. The predicted octanol–water partition coefficient (Wildman–Crippen LogP) is 1.96. The van der Waals surface area contributed by atoms with Gasteiger partial charge in [-0.2, -0.15) is 4.31 Å². The first-order chi connectivity index (χ1) is 12.1. The number of carboxylic acid groups (broad SMARTS) is 1. The lowest BCUT2D eigenvalue weighted by Gasteiger charge is -2.27. The second-order valence-electron chi connectivity index (χ2n) is 6.87. The molecule has 1 fully saturated rings. The number of amides is 1. The number of aryl methyl sites for hydroxylation is 1. The fourth-order valence-corrected chi connectivity index (χ4v) is 4.82. The van der Waals surface area contributed by atoms with Crippen molar-refractivity contribution in [3.05, 3.63) is 29.3 Å². The zero-order valence-corrected chi connectivity index (χ0v) is 16.3. The van der Waals surface area contributed by atoms with Crippen LogP contribution in [0.25, 0.3) is 0 Å². The molecule has 1 aliphatic rings. The van der Waals surface area contributed by atoms with Crippen LogP contribution in [0.4, 0.5) is 0 Å². The van der Waals surface area contributed by atoms with Gasteiger partial charge >= 0.3 is 5.97 Å². The second-order valence-corrected chi connectivity index (χ2v) is 8.78. The predicted molar refractivity (Wildman–Crippen MR) is 97.5 cm³/mol. The molecule has 1 heterocycles. The number of hydrogen-bond acceptors (Lipinski definition) is 4. The average molecular weight is 382 g/mol. The van der Waals surface area contributed by atoms with Crippen LogP contribution in [0.1, 0.15) is 42.1 Å². The van der Waals surface area contributed by atoms with Crippen molar-refractivity contribution in [2.75, 3.05) is 26.7 Å². The van der Waals surface area contributed by atoms with Crippen LogP contribution in [0, 0.1) is 12.8 Å². The van der Waals surface area contributed by atoms with Crippen molar-refractivity contribution in [3.8, 4) is 0 Å². The number of carbonyl (C=O) groups excluding carboxylic acids is 1. The quantitative estimate of drug-likeness (QED) is 0.811. The number of benzene rings is 1. The first-order valence-corrected chi connectivity index (χ1v) is 10.2. The standard InChI is InChI=1S/C18H26N2O5S/c1-13-7-8-15(17(21)19(3)12-14(2)18(22)23)11-16(13)26(24,25)20-9-5-4-6-10-20/h7-8,11,14H,4-6,9-10,12H2,1-3H3,(H,22,23). The van der Waals surface area contributed by atoms with Gasteiger partial charge in [-0.25, -0.2) is 8.42 Å². The summed E-state index contributed by atoms with van der Waals surface area (Å²) in [6.07, 6.45) is 2.70. The lowest BCUT2D eigenvalue weighted by atomic mass is 10.1. The molecule has 1 amide bonds. The van der Waals surface area contributed by atoms with Gasteiger partial charge in [-0.15, -0.1) is 0 Å². The van der Waals surface area contributed by atoms with E-state index in [1.165, 1.54) is 29.2 Å². The summed E-state index contributed by atoms with van der Waals surface area (Å²) >= 11 is 0. The Morgan fingerprint density at radius 1 is 1.23 bits per heavy atom. The van der Waals surface area contributed by atoms with Crippen molar-refractivity contribution < 1.29 is 23.1 Å². The van der Waals surface area contributed by atoms with Crippen LogP contribution in [0.2, 0.25) is 0 Å². The van der Waals surface area contributed by atoms with E-state index in [2.05, 4.69) is 0 Å². The minimum Gasteiger partial charge on any atom is -0.481 e. The van der Waals surface area contributed by atoms with Gasteiger partial charge < -0.3 is 10.0 Å². The van der Waals surface area contributed by atoms with Crippen molar-refractivity contribution in [1.29, 1.82) is 0 Å². The lowest BCUT2D eigenvalue weighted by Crippen LogP contribution is -2.36. The smallest absolute Gasteiger partial charge is 0.308 e. The maximum Gasteiger partial charge on any atom is 0.308 e. The molecule has 0 aliphatic carbocycles. The fraction of sp³-hybridized carbons (Fsp3) is 0.556. The molecule has 8 heteroatoms. The molecule has 26 heavy (non-hydrogen) atoms. The van der Waals surface area contributed by atoms with Crippen molar-refractivity contribution >= 4 is 21.9 Å². The van der Waals surface area contributed by atoms with E-state index in [-0.39, 0.29) is 17.0 Å². The third kappa shape index (κ3) is 4.42. The van der Waals surface area contributed by atoms with E-state index in [1.807, 2.05) is 0 Å². The first-order valence-electron chi connectivity index (χ1n) is 8.73. The molecule has 1 saturated heterocycles. The molecule has 0 bridgehead atoms. The highest BCUT2D eigenvalue weighted by atomic mass is 32.2. The molecule has 1 unspecified atom stereocenters. The SMILES string of the molecule is Cc1ccc(C(=O)N(C)CC(C)C(=O)O)cc1S(=O)(=O)N1CCCCC1.